The van der Waals surface area contributed by atoms with E-state index in [1.807, 2.05) is 6.92 Å². The highest BCUT2D eigenvalue weighted by Gasteiger charge is 2.16. The lowest BCUT2D eigenvalue weighted by atomic mass is 10.2. The number of carboxylic acid groups (broad SMARTS) is 1. The van der Waals surface area contributed by atoms with E-state index in [1.54, 1.807) is 11.8 Å². The SMILES string of the molecule is CCc1c(C(=O)O)nnn1CCCOC. The highest BCUT2D eigenvalue weighted by Crippen LogP contribution is 2.07. The van der Waals surface area contributed by atoms with Gasteiger partial charge in [0.1, 0.15) is 0 Å². The van der Waals surface area contributed by atoms with Crippen molar-refractivity contribution in [2.24, 2.45) is 0 Å². The molecule has 1 heterocycles. The van der Waals surface area contributed by atoms with Crippen molar-refractivity contribution in [3.63, 3.8) is 0 Å². The van der Waals surface area contributed by atoms with Crippen LogP contribution in [0.1, 0.15) is 29.5 Å². The van der Waals surface area contributed by atoms with E-state index in [0.29, 0.717) is 25.3 Å². The molecule has 0 bridgehead atoms. The summed E-state index contributed by atoms with van der Waals surface area (Å²) in [6, 6.07) is 0. The smallest absolute Gasteiger partial charge is 0.358 e. The van der Waals surface area contributed by atoms with Gasteiger partial charge in [-0.15, -0.1) is 5.10 Å². The van der Waals surface area contributed by atoms with Crippen LogP contribution in [0, 0.1) is 0 Å². The van der Waals surface area contributed by atoms with E-state index >= 15 is 0 Å². The molecule has 84 valence electrons. The third-order valence-corrected chi connectivity index (χ3v) is 2.09. The van der Waals surface area contributed by atoms with Crippen LogP contribution in [-0.4, -0.2) is 39.8 Å². The summed E-state index contributed by atoms with van der Waals surface area (Å²) in [5.41, 5.74) is 0.716. The minimum atomic E-state index is -1.02. The van der Waals surface area contributed by atoms with Gasteiger partial charge >= 0.3 is 5.97 Å². The zero-order valence-electron chi connectivity index (χ0n) is 8.93. The molecule has 0 aromatic carbocycles. The lowest BCUT2D eigenvalue weighted by Gasteiger charge is -2.03. The molecule has 0 spiro atoms. The van der Waals surface area contributed by atoms with Crippen molar-refractivity contribution in [2.75, 3.05) is 13.7 Å². The van der Waals surface area contributed by atoms with E-state index in [9.17, 15) is 4.79 Å². The molecule has 0 aliphatic heterocycles. The van der Waals surface area contributed by atoms with Crippen LogP contribution in [0.15, 0.2) is 0 Å². The predicted molar refractivity (Wildman–Crippen MR) is 52.9 cm³/mol. The van der Waals surface area contributed by atoms with Crippen LogP contribution in [0.2, 0.25) is 0 Å². The fraction of sp³-hybridized carbons (Fsp3) is 0.667. The topological polar surface area (TPSA) is 77.2 Å². The Kier molecular flexibility index (Phi) is 4.23. The Morgan fingerprint density at radius 2 is 2.33 bits per heavy atom. The summed E-state index contributed by atoms with van der Waals surface area (Å²) < 4.78 is 6.54. The van der Waals surface area contributed by atoms with E-state index in [2.05, 4.69) is 10.3 Å². The lowest BCUT2D eigenvalue weighted by molar-refractivity contribution is 0.0689. The van der Waals surface area contributed by atoms with Gasteiger partial charge in [-0.3, -0.25) is 0 Å². The molecule has 0 fully saturated rings. The summed E-state index contributed by atoms with van der Waals surface area (Å²) in [6.45, 7) is 3.15. The molecule has 0 unspecified atom stereocenters. The summed E-state index contributed by atoms with van der Waals surface area (Å²) >= 11 is 0. The molecule has 1 aromatic rings. The number of aromatic carboxylic acids is 1. The maximum absolute atomic E-state index is 10.8. The molecule has 15 heavy (non-hydrogen) atoms. The third-order valence-electron chi connectivity index (χ3n) is 2.09. The fourth-order valence-electron chi connectivity index (χ4n) is 1.39. The highest BCUT2D eigenvalue weighted by atomic mass is 16.5. The van der Waals surface area contributed by atoms with E-state index in [4.69, 9.17) is 9.84 Å². The first-order chi connectivity index (χ1) is 7.20. The lowest BCUT2D eigenvalue weighted by Crippen LogP contribution is -2.09. The zero-order valence-corrected chi connectivity index (χ0v) is 8.93. The maximum atomic E-state index is 10.8. The van der Waals surface area contributed by atoms with E-state index in [-0.39, 0.29) is 5.69 Å². The first-order valence-corrected chi connectivity index (χ1v) is 4.85. The average molecular weight is 213 g/mol. The van der Waals surface area contributed by atoms with Crippen LogP contribution in [0.25, 0.3) is 0 Å². The van der Waals surface area contributed by atoms with Gasteiger partial charge < -0.3 is 9.84 Å². The Bertz CT molecular complexity index is 335. The largest absolute Gasteiger partial charge is 0.476 e. The van der Waals surface area contributed by atoms with Gasteiger partial charge in [-0.25, -0.2) is 9.48 Å². The van der Waals surface area contributed by atoms with Crippen molar-refractivity contribution in [3.8, 4) is 0 Å². The predicted octanol–water partition coefficient (Wildman–Crippen LogP) is 0.575. The Hall–Kier alpha value is -1.43. The van der Waals surface area contributed by atoms with Gasteiger partial charge in [-0.05, 0) is 12.8 Å². The van der Waals surface area contributed by atoms with Crippen molar-refractivity contribution >= 4 is 5.97 Å². The number of hydrogen-bond acceptors (Lipinski definition) is 4. The molecule has 0 atom stereocenters. The average Bonchev–Trinajstić information content (AvgIpc) is 2.61. The van der Waals surface area contributed by atoms with Gasteiger partial charge in [0.2, 0.25) is 0 Å². The summed E-state index contributed by atoms with van der Waals surface area (Å²) in [5.74, 6) is -1.02. The number of ether oxygens (including phenoxy) is 1. The van der Waals surface area contributed by atoms with Gasteiger partial charge in [-0.1, -0.05) is 12.1 Å². The van der Waals surface area contributed by atoms with Crippen LogP contribution in [0.3, 0.4) is 0 Å². The highest BCUT2D eigenvalue weighted by molar-refractivity contribution is 5.86. The molecule has 1 aromatic heterocycles. The molecular weight excluding hydrogens is 198 g/mol. The second-order valence-electron chi connectivity index (χ2n) is 3.11. The van der Waals surface area contributed by atoms with Crippen LogP contribution >= 0.6 is 0 Å². The second kappa shape index (κ2) is 5.45. The fourth-order valence-corrected chi connectivity index (χ4v) is 1.39. The Labute approximate surface area is 87.9 Å². The van der Waals surface area contributed by atoms with Crippen molar-refractivity contribution in [2.45, 2.75) is 26.3 Å². The minimum absolute atomic E-state index is 0.0508. The minimum Gasteiger partial charge on any atom is -0.476 e. The van der Waals surface area contributed by atoms with Crippen molar-refractivity contribution in [1.82, 2.24) is 15.0 Å². The number of hydrogen-bond donors (Lipinski definition) is 1. The molecule has 1 rings (SSSR count). The van der Waals surface area contributed by atoms with Crippen LogP contribution in [0.4, 0.5) is 0 Å². The first kappa shape index (κ1) is 11.6. The van der Waals surface area contributed by atoms with Gasteiger partial charge in [0.25, 0.3) is 0 Å². The van der Waals surface area contributed by atoms with E-state index in [1.165, 1.54) is 0 Å². The van der Waals surface area contributed by atoms with E-state index < -0.39 is 5.97 Å². The Morgan fingerprint density at radius 1 is 1.60 bits per heavy atom. The third kappa shape index (κ3) is 2.76. The monoisotopic (exact) mass is 213 g/mol. The van der Waals surface area contributed by atoms with Crippen molar-refractivity contribution < 1.29 is 14.6 Å². The number of methoxy groups -OCH3 is 1. The van der Waals surface area contributed by atoms with E-state index in [0.717, 1.165) is 6.42 Å². The number of carbonyl (C=O) groups is 1. The molecule has 0 aliphatic rings. The van der Waals surface area contributed by atoms with Crippen molar-refractivity contribution in [3.05, 3.63) is 11.4 Å². The first-order valence-electron chi connectivity index (χ1n) is 4.85. The summed E-state index contributed by atoms with van der Waals surface area (Å²) in [7, 11) is 1.63. The number of nitrogens with zero attached hydrogens (tertiary/aromatic N) is 3. The summed E-state index contributed by atoms with van der Waals surface area (Å²) in [4.78, 5) is 10.8. The van der Waals surface area contributed by atoms with Gasteiger partial charge in [-0.2, -0.15) is 0 Å². The molecule has 0 radical (unpaired) electrons. The molecule has 0 amide bonds. The number of aromatic nitrogens is 3. The van der Waals surface area contributed by atoms with Crippen molar-refractivity contribution in [1.29, 1.82) is 0 Å². The molecular formula is C9H15N3O3. The summed E-state index contributed by atoms with van der Waals surface area (Å²) in [5, 5.41) is 16.3. The summed E-state index contributed by atoms with van der Waals surface area (Å²) in [6.07, 6.45) is 1.41. The standard InChI is InChI=1S/C9H15N3O3/c1-3-7-8(9(13)14)10-11-12(7)5-4-6-15-2/h3-6H2,1-2H3,(H,13,14). The number of carboxylic acids is 1. The van der Waals surface area contributed by atoms with Crippen LogP contribution in [-0.2, 0) is 17.7 Å². The molecule has 1 N–H and O–H groups in total. The Morgan fingerprint density at radius 3 is 2.87 bits per heavy atom. The number of aryl methyl sites for hydroxylation is 1. The molecule has 0 saturated heterocycles. The maximum Gasteiger partial charge on any atom is 0.358 e. The zero-order chi connectivity index (χ0) is 11.3. The van der Waals surface area contributed by atoms with Gasteiger partial charge in [0.05, 0.1) is 5.69 Å². The molecule has 6 nitrogen and oxygen atoms in total. The van der Waals surface area contributed by atoms with Crippen LogP contribution < -0.4 is 0 Å². The molecule has 0 aliphatic carbocycles. The number of rotatable bonds is 6. The molecule has 0 saturated carbocycles. The quantitative estimate of drug-likeness (QED) is 0.699. The Balaban J connectivity index is 2.75. The normalized spacial score (nSPS) is 10.5. The van der Waals surface area contributed by atoms with Crippen LogP contribution in [0.5, 0.6) is 0 Å². The van der Waals surface area contributed by atoms with Gasteiger partial charge in [0, 0.05) is 20.3 Å². The second-order valence-corrected chi connectivity index (χ2v) is 3.11. The molecule has 6 heteroatoms. The van der Waals surface area contributed by atoms with Gasteiger partial charge in [0.15, 0.2) is 5.69 Å².